The molecule has 5 aliphatic heterocycles. The van der Waals surface area contributed by atoms with E-state index in [1.807, 2.05) is 151 Å². The second-order valence-corrected chi connectivity index (χ2v) is 32.7. The Balaban J connectivity index is 0.000000136. The monoisotopic (exact) mass is 1580 g/mol. The Hall–Kier alpha value is -8.26. The molecule has 0 saturated heterocycles. The number of benzene rings is 10. The Labute approximate surface area is 657 Å². The number of thioether (sulfide) groups is 5. The van der Waals surface area contributed by atoms with E-state index in [1.54, 1.807) is 122 Å². The molecule has 14 nitrogen and oxygen atoms in total. The van der Waals surface area contributed by atoms with E-state index in [9.17, 15) is 38.7 Å². The molecule has 11 unspecified atom stereocenters. The summed E-state index contributed by atoms with van der Waals surface area (Å²) in [6.07, 6.45) is -7.10. The maximum atomic E-state index is 12.4. The van der Waals surface area contributed by atoms with Crippen LogP contribution in [-0.4, -0.2) is 88.8 Å². The van der Waals surface area contributed by atoms with Crippen LogP contribution in [-0.2, 0) is 32.5 Å². The van der Waals surface area contributed by atoms with Crippen LogP contribution in [0, 0.1) is 6.92 Å². The number of aryl methyl sites for hydroxylation is 1. The molecule has 5 N–H and O–H groups in total. The second kappa shape index (κ2) is 37.2. The van der Waals surface area contributed by atoms with E-state index in [0.29, 0.717) is 28.8 Å². The zero-order valence-electron chi connectivity index (χ0n) is 62.4. The van der Waals surface area contributed by atoms with Crippen LogP contribution in [0.5, 0.6) is 51.7 Å². The predicted octanol–water partition coefficient (Wildman–Crippen LogP) is 20.9. The summed E-state index contributed by atoms with van der Waals surface area (Å²) in [7, 11) is 13.0. The fraction of sp³-hybridized carbons (Fsp3) is 0.310. The van der Waals surface area contributed by atoms with Gasteiger partial charge >= 0.3 is 6.36 Å². The summed E-state index contributed by atoms with van der Waals surface area (Å²) < 4.78 is 84.0. The number of rotatable bonds is 14. The molecule has 0 radical (unpaired) electrons. The Morgan fingerprint density at radius 3 is 1.50 bits per heavy atom. The standard InChI is InChI=1S/C18H17F3O3S.2C18H20O4S.C17H18OS.C16H16O2S/c1-22-13-5-3-11(4-6-13)17-16(23-2)15-8-7-14(24-18(19,20)21)9-12(15)10-25-17;1-20-12-6-4-11(5-7-12)18-16(19)13-8-9-15(21-2)17(22-3)14(13)10-23-18;1-10-15-13(8-9-14(21-2)17(15)22-3)16(20)18(23-10)11-4-6-12(19)7-5-11;1-12-8-9-13-11-19-17(2,16(18)15(13)10-12)14-6-4-3-5-7-14;1-18-13-8-7-12-10-19-16(15(17)14(12)9-13)11-5-3-2-4-6-11/h3-9,16-17H,10H2,1-2H3;4-9,16,18-19H,10H2,1-3H3;4-10,16,18-20H,1-3H3;3-10,16,18H,11H2,1-2H3;2-9,15-17H,10H2,1H3. The zero-order valence-corrected chi connectivity index (χ0v) is 66.5. The topological polar surface area (TPSA) is 184 Å². The number of aliphatic hydroxyl groups excluding tert-OH is 4. The molecule has 5 heterocycles. The number of ether oxygens (including phenoxy) is 9. The minimum atomic E-state index is -4.69. The van der Waals surface area contributed by atoms with E-state index >= 15 is 0 Å². The van der Waals surface area contributed by atoms with Gasteiger partial charge in [-0.15, -0.1) is 72.0 Å². The van der Waals surface area contributed by atoms with Crippen molar-refractivity contribution in [3.05, 3.63) is 301 Å². The van der Waals surface area contributed by atoms with Crippen LogP contribution in [0.2, 0.25) is 0 Å². The lowest BCUT2D eigenvalue weighted by Gasteiger charge is -2.39. The largest absolute Gasteiger partial charge is 0.573 e. The van der Waals surface area contributed by atoms with Gasteiger partial charge in [-0.3, -0.25) is 0 Å². The van der Waals surface area contributed by atoms with Crippen molar-refractivity contribution in [1.82, 2.24) is 0 Å². The lowest BCUT2D eigenvalue weighted by atomic mass is 9.86. The van der Waals surface area contributed by atoms with Crippen LogP contribution in [0.15, 0.2) is 212 Å². The van der Waals surface area contributed by atoms with Crippen LogP contribution < -0.4 is 37.9 Å². The molecule has 0 spiro atoms. The molecule has 10 aromatic rings. The van der Waals surface area contributed by atoms with Gasteiger partial charge in [0.15, 0.2) is 23.0 Å². The van der Waals surface area contributed by atoms with Gasteiger partial charge in [0.2, 0.25) is 0 Å². The quantitative estimate of drug-likeness (QED) is 0.0692. The molecule has 10 aromatic carbocycles. The number of aliphatic hydroxyl groups is 4. The van der Waals surface area contributed by atoms with E-state index in [1.165, 1.54) is 39.9 Å². The zero-order chi connectivity index (χ0) is 77.7. The van der Waals surface area contributed by atoms with Gasteiger partial charge in [0.25, 0.3) is 0 Å². The fourth-order valence-electron chi connectivity index (χ4n) is 14.1. The molecule has 0 aromatic heterocycles. The normalized spacial score (nSPS) is 22.0. The van der Waals surface area contributed by atoms with E-state index < -0.39 is 30.8 Å². The number of hydrogen-bond donors (Lipinski definition) is 5. The van der Waals surface area contributed by atoms with E-state index in [0.717, 1.165) is 95.7 Å². The van der Waals surface area contributed by atoms with Gasteiger partial charge in [0, 0.05) is 46.5 Å². The van der Waals surface area contributed by atoms with Crippen molar-refractivity contribution in [3.8, 4) is 51.7 Å². The first-order valence-corrected chi connectivity index (χ1v) is 40.3. The molecule has 11 atom stereocenters. The molecule has 0 aliphatic carbocycles. The summed E-state index contributed by atoms with van der Waals surface area (Å²) in [4.78, 5) is 0. The van der Waals surface area contributed by atoms with Gasteiger partial charge in [0.05, 0.1) is 106 Å². The highest BCUT2D eigenvalue weighted by molar-refractivity contribution is 8.00. The summed E-state index contributed by atoms with van der Waals surface area (Å²) in [5, 5.41) is 52.8. The number of methoxy groups -OCH3 is 8. The smallest absolute Gasteiger partial charge is 0.508 e. The molecule has 15 rings (SSSR count). The molecule has 22 heteroatoms. The van der Waals surface area contributed by atoms with Gasteiger partial charge in [0.1, 0.15) is 28.7 Å². The van der Waals surface area contributed by atoms with Crippen molar-refractivity contribution >= 4 is 58.8 Å². The first-order valence-electron chi connectivity index (χ1n) is 35.3. The molecule has 0 saturated carbocycles. The first-order chi connectivity index (χ1) is 52.6. The molecule has 0 fully saturated rings. The van der Waals surface area contributed by atoms with Gasteiger partial charge in [-0.1, -0.05) is 145 Å². The van der Waals surface area contributed by atoms with E-state index in [4.69, 9.17) is 37.9 Å². The Morgan fingerprint density at radius 2 is 0.908 bits per heavy atom. The molecular formula is C87H91F3O14S5. The number of hydrogen-bond acceptors (Lipinski definition) is 19. The van der Waals surface area contributed by atoms with Crippen LogP contribution in [0.4, 0.5) is 13.2 Å². The molecule has 0 amide bonds. The third-order valence-electron chi connectivity index (χ3n) is 19.9. The summed E-state index contributed by atoms with van der Waals surface area (Å²) >= 11 is 8.62. The van der Waals surface area contributed by atoms with Gasteiger partial charge in [-0.05, 0) is 166 Å². The highest BCUT2D eigenvalue weighted by Crippen LogP contribution is 2.59. The number of fused-ring (bicyclic) bond motifs is 5. The van der Waals surface area contributed by atoms with Crippen LogP contribution in [0.25, 0.3) is 0 Å². The van der Waals surface area contributed by atoms with Gasteiger partial charge in [-0.2, -0.15) is 0 Å². The number of phenols is 1. The summed E-state index contributed by atoms with van der Waals surface area (Å²) in [5.41, 5.74) is 16.7. The average molecular weight is 1580 g/mol. The summed E-state index contributed by atoms with van der Waals surface area (Å²) in [6, 6.07) is 67.4. The first kappa shape index (κ1) is 81.7. The third-order valence-corrected chi connectivity index (χ3v) is 26.9. The Kier molecular flexibility index (Phi) is 27.9. The lowest BCUT2D eigenvalue weighted by Crippen LogP contribution is -2.31. The maximum Gasteiger partial charge on any atom is 0.573 e. The minimum absolute atomic E-state index is 0.00786. The molecule has 5 aliphatic rings. The number of aromatic hydroxyl groups is 1. The summed E-state index contributed by atoms with van der Waals surface area (Å²) in [6.45, 7) is 6.32. The van der Waals surface area contributed by atoms with Crippen molar-refractivity contribution in [3.63, 3.8) is 0 Å². The summed E-state index contributed by atoms with van der Waals surface area (Å²) in [5.74, 6) is 8.42. The third kappa shape index (κ3) is 18.9. The van der Waals surface area contributed by atoms with Crippen LogP contribution >= 0.6 is 58.8 Å². The van der Waals surface area contributed by atoms with E-state index in [-0.39, 0.29) is 48.6 Å². The molecular weight excluding hydrogens is 1490 g/mol. The van der Waals surface area contributed by atoms with E-state index in [2.05, 4.69) is 68.0 Å². The van der Waals surface area contributed by atoms with Crippen molar-refractivity contribution in [2.24, 2.45) is 0 Å². The predicted molar refractivity (Wildman–Crippen MR) is 432 cm³/mol. The fourth-order valence-corrected chi connectivity index (χ4v) is 20.9. The Morgan fingerprint density at radius 1 is 0.422 bits per heavy atom. The number of alkyl halides is 3. The van der Waals surface area contributed by atoms with Crippen molar-refractivity contribution in [2.75, 3.05) is 56.9 Å². The van der Waals surface area contributed by atoms with Gasteiger partial charge < -0.3 is 68.2 Å². The maximum absolute atomic E-state index is 12.4. The van der Waals surface area contributed by atoms with Crippen molar-refractivity contribution < 1.29 is 81.3 Å². The van der Waals surface area contributed by atoms with Crippen molar-refractivity contribution in [2.45, 2.75) is 112 Å². The number of phenolic OH excluding ortho intramolecular Hbond substituents is 1. The second-order valence-electron chi connectivity index (χ2n) is 26.4. The SMILES string of the molecule is COc1ccc(C2SCc3c(ccc(OC)c3OC)C2O)cc1.COc1ccc(C2SCc3cc(OC(F)(F)F)ccc3C2OC)cc1.COc1ccc2c(c1)C(O)C(c1ccccc1)SC2.COc1ccc2c(c1OC)C(C)SC(c1ccc(O)cc1)C2O.Cc1ccc2c(c1)C(O)C(C)(c1ccccc1)SC2. The number of halogens is 3. The van der Waals surface area contributed by atoms with Crippen molar-refractivity contribution in [1.29, 1.82) is 0 Å². The minimum Gasteiger partial charge on any atom is -0.508 e. The highest BCUT2D eigenvalue weighted by Gasteiger charge is 2.42. The van der Waals surface area contributed by atoms with Gasteiger partial charge in [-0.25, -0.2) is 0 Å². The lowest BCUT2D eigenvalue weighted by molar-refractivity contribution is -0.274. The molecule has 574 valence electrons. The highest BCUT2D eigenvalue weighted by atomic mass is 32.2. The Bertz CT molecular complexity index is 4640. The average Bonchev–Trinajstić information content (AvgIpc) is 0.734. The molecule has 0 bridgehead atoms. The molecule has 109 heavy (non-hydrogen) atoms. The van der Waals surface area contributed by atoms with Crippen LogP contribution in [0.3, 0.4) is 0 Å². The van der Waals surface area contributed by atoms with Crippen LogP contribution in [0.1, 0.15) is 160 Å².